The van der Waals surface area contributed by atoms with Crippen LogP contribution in [0.25, 0.3) is 11.1 Å². The molecule has 26 heavy (non-hydrogen) atoms. The van der Waals surface area contributed by atoms with Crippen molar-refractivity contribution in [3.63, 3.8) is 0 Å². The topological polar surface area (TPSA) is 124 Å². The van der Waals surface area contributed by atoms with Crippen LogP contribution in [0.15, 0.2) is 46.2 Å². The highest BCUT2D eigenvalue weighted by Crippen LogP contribution is 2.35. The van der Waals surface area contributed by atoms with Gasteiger partial charge in [0.25, 0.3) is 10.1 Å². The van der Waals surface area contributed by atoms with Crippen molar-refractivity contribution in [3.8, 4) is 16.9 Å². The summed E-state index contributed by atoms with van der Waals surface area (Å²) < 4.78 is 75.9. The van der Waals surface area contributed by atoms with Gasteiger partial charge in [-0.2, -0.15) is 8.42 Å². The first-order valence-corrected chi connectivity index (χ1v) is 10.6. The molecule has 0 saturated heterocycles. The molecule has 0 fully saturated rings. The molecule has 7 nitrogen and oxygen atoms in total. The van der Waals surface area contributed by atoms with Gasteiger partial charge in [-0.1, -0.05) is 19.4 Å². The van der Waals surface area contributed by atoms with Crippen LogP contribution >= 0.6 is 0 Å². The molecule has 142 valence electrons. The minimum Gasteiger partial charge on any atom is -0.493 e. The van der Waals surface area contributed by atoms with Gasteiger partial charge in [0.05, 0.1) is 11.5 Å². The van der Waals surface area contributed by atoms with E-state index in [1.807, 2.05) is 6.92 Å². The maximum Gasteiger partial charge on any atom is 0.295 e. The van der Waals surface area contributed by atoms with E-state index in [4.69, 9.17) is 9.88 Å². The second-order valence-electron chi connectivity index (χ2n) is 5.53. The van der Waals surface area contributed by atoms with E-state index in [9.17, 15) is 25.8 Å². The van der Waals surface area contributed by atoms with Crippen LogP contribution in [-0.2, 0) is 20.1 Å². The van der Waals surface area contributed by atoms with E-state index < -0.39 is 41.3 Å². The number of benzene rings is 2. The van der Waals surface area contributed by atoms with Crippen LogP contribution in [0.1, 0.15) is 19.8 Å². The standard InChI is InChI=1S/C16H18FNO6S2/c1-2-3-7-24-13-9-11(8-12(17)10-13)16-14(25(18,19)20)5-4-6-15(16)26(21,22)23/h4-6,8-10H,2-3,7H2,1H3,(H2,18,19,20)(H,21,22,23). The molecule has 0 aliphatic heterocycles. The van der Waals surface area contributed by atoms with Crippen molar-refractivity contribution in [2.24, 2.45) is 5.14 Å². The molecular weight excluding hydrogens is 385 g/mol. The SMILES string of the molecule is CCCCOc1cc(F)cc(-c2c(S(N)(=O)=O)cccc2S(=O)(=O)O)c1. The lowest BCUT2D eigenvalue weighted by atomic mass is 10.0. The lowest BCUT2D eigenvalue weighted by Crippen LogP contribution is -2.15. The Kier molecular flexibility index (Phi) is 6.02. The summed E-state index contributed by atoms with van der Waals surface area (Å²) in [7, 11) is -9.14. The molecule has 2 aromatic carbocycles. The largest absolute Gasteiger partial charge is 0.493 e. The Bertz CT molecular complexity index is 969. The van der Waals surface area contributed by atoms with E-state index in [1.165, 1.54) is 6.07 Å². The predicted octanol–water partition coefficient (Wildman–Crippen LogP) is 2.57. The van der Waals surface area contributed by atoms with E-state index in [0.29, 0.717) is 6.61 Å². The van der Waals surface area contributed by atoms with Crippen LogP contribution < -0.4 is 9.88 Å². The highest BCUT2D eigenvalue weighted by atomic mass is 32.2. The second kappa shape index (κ2) is 7.70. The van der Waals surface area contributed by atoms with Crippen molar-refractivity contribution < 1.29 is 30.5 Å². The monoisotopic (exact) mass is 403 g/mol. The van der Waals surface area contributed by atoms with E-state index in [1.54, 1.807) is 0 Å². The zero-order valence-electron chi connectivity index (χ0n) is 13.8. The number of hydrogen-bond donors (Lipinski definition) is 2. The summed E-state index contributed by atoms with van der Waals surface area (Å²) in [5.41, 5.74) is -0.522. The molecule has 0 spiro atoms. The Morgan fingerprint density at radius 3 is 2.35 bits per heavy atom. The summed E-state index contributed by atoms with van der Waals surface area (Å²) in [6.07, 6.45) is 1.57. The first-order chi connectivity index (χ1) is 12.0. The number of halogens is 1. The van der Waals surface area contributed by atoms with Crippen LogP contribution in [0, 0.1) is 5.82 Å². The molecule has 0 aliphatic rings. The first-order valence-electron chi connectivity index (χ1n) is 7.61. The third-order valence-electron chi connectivity index (χ3n) is 3.50. The second-order valence-corrected chi connectivity index (χ2v) is 8.45. The third kappa shape index (κ3) is 4.79. The maximum atomic E-state index is 14.0. The Morgan fingerprint density at radius 2 is 1.77 bits per heavy atom. The highest BCUT2D eigenvalue weighted by molar-refractivity contribution is 7.89. The van der Waals surface area contributed by atoms with Gasteiger partial charge in [0.2, 0.25) is 10.0 Å². The molecule has 0 heterocycles. The van der Waals surface area contributed by atoms with Gasteiger partial charge >= 0.3 is 0 Å². The number of hydrogen-bond acceptors (Lipinski definition) is 5. The van der Waals surface area contributed by atoms with Crippen molar-refractivity contribution in [2.75, 3.05) is 6.61 Å². The van der Waals surface area contributed by atoms with Crippen molar-refractivity contribution in [1.82, 2.24) is 0 Å². The van der Waals surface area contributed by atoms with Crippen molar-refractivity contribution >= 4 is 20.1 Å². The van der Waals surface area contributed by atoms with Gasteiger partial charge in [0, 0.05) is 11.6 Å². The van der Waals surface area contributed by atoms with Gasteiger partial charge in [-0.3, -0.25) is 4.55 Å². The molecule has 10 heteroatoms. The summed E-state index contributed by atoms with van der Waals surface area (Å²) in [4.78, 5) is -1.26. The Morgan fingerprint density at radius 1 is 1.12 bits per heavy atom. The molecule has 0 bridgehead atoms. The van der Waals surface area contributed by atoms with Crippen molar-refractivity contribution in [3.05, 3.63) is 42.2 Å². The van der Waals surface area contributed by atoms with Gasteiger partial charge in [-0.05, 0) is 36.2 Å². The maximum absolute atomic E-state index is 14.0. The number of ether oxygens (including phenoxy) is 1. The van der Waals surface area contributed by atoms with Crippen LogP contribution in [0.5, 0.6) is 5.75 Å². The van der Waals surface area contributed by atoms with Gasteiger partial charge in [-0.25, -0.2) is 17.9 Å². The number of unbranched alkanes of at least 4 members (excludes halogenated alkanes) is 1. The quantitative estimate of drug-likeness (QED) is 0.541. The molecule has 0 aliphatic carbocycles. The lowest BCUT2D eigenvalue weighted by molar-refractivity contribution is 0.308. The molecule has 0 saturated carbocycles. The average Bonchev–Trinajstić information content (AvgIpc) is 2.52. The summed E-state index contributed by atoms with van der Waals surface area (Å²) in [6, 6.07) is 6.50. The molecular formula is C16H18FNO6S2. The van der Waals surface area contributed by atoms with Gasteiger partial charge < -0.3 is 4.74 Å². The summed E-state index contributed by atoms with van der Waals surface area (Å²) >= 11 is 0. The predicted molar refractivity (Wildman–Crippen MR) is 93.4 cm³/mol. The molecule has 3 N–H and O–H groups in total. The fourth-order valence-electron chi connectivity index (χ4n) is 2.37. The van der Waals surface area contributed by atoms with Gasteiger partial charge in [0.1, 0.15) is 16.5 Å². The van der Waals surface area contributed by atoms with Gasteiger partial charge in [0.15, 0.2) is 0 Å². The van der Waals surface area contributed by atoms with E-state index in [0.717, 1.165) is 43.2 Å². The number of rotatable bonds is 7. The zero-order chi connectivity index (χ0) is 19.5. The average molecular weight is 403 g/mol. The van der Waals surface area contributed by atoms with Crippen LogP contribution in [0.3, 0.4) is 0 Å². The minimum atomic E-state index is -4.79. The molecule has 2 aromatic rings. The van der Waals surface area contributed by atoms with E-state index >= 15 is 0 Å². The smallest absolute Gasteiger partial charge is 0.295 e. The van der Waals surface area contributed by atoms with Crippen molar-refractivity contribution in [2.45, 2.75) is 29.6 Å². The zero-order valence-corrected chi connectivity index (χ0v) is 15.5. The van der Waals surface area contributed by atoms with Crippen LogP contribution in [0.4, 0.5) is 4.39 Å². The summed E-state index contributed by atoms with van der Waals surface area (Å²) in [5, 5.41) is 5.15. The molecule has 0 aromatic heterocycles. The Balaban J connectivity index is 2.75. The van der Waals surface area contributed by atoms with Crippen LogP contribution in [0.2, 0.25) is 0 Å². The molecule has 0 unspecified atom stereocenters. The fraction of sp³-hybridized carbons (Fsp3) is 0.250. The molecule has 0 amide bonds. The van der Waals surface area contributed by atoms with Crippen molar-refractivity contribution in [1.29, 1.82) is 0 Å². The normalized spacial score (nSPS) is 12.2. The summed E-state index contributed by atoms with van der Waals surface area (Å²) in [5.74, 6) is -0.668. The Labute approximate surface area is 151 Å². The van der Waals surface area contributed by atoms with Crippen LogP contribution in [-0.4, -0.2) is 28.0 Å². The highest BCUT2D eigenvalue weighted by Gasteiger charge is 2.25. The summed E-state index contributed by atoms with van der Waals surface area (Å²) in [6.45, 7) is 2.25. The fourth-order valence-corrected chi connectivity index (χ4v) is 3.95. The first kappa shape index (κ1) is 20.3. The molecule has 2 rings (SSSR count). The number of nitrogens with two attached hydrogens (primary N) is 1. The van der Waals surface area contributed by atoms with Gasteiger partial charge in [-0.15, -0.1) is 0 Å². The number of primary sulfonamides is 1. The Hall–Kier alpha value is -2.01. The minimum absolute atomic E-state index is 0.0963. The third-order valence-corrected chi connectivity index (χ3v) is 5.35. The van der Waals surface area contributed by atoms with E-state index in [2.05, 4.69) is 0 Å². The molecule has 0 atom stereocenters. The number of sulfonamides is 1. The lowest BCUT2D eigenvalue weighted by Gasteiger charge is -2.14. The molecule has 0 radical (unpaired) electrons. The van der Waals surface area contributed by atoms with E-state index in [-0.39, 0.29) is 11.3 Å².